The number of hydrogen-bond donors (Lipinski definition) is 1. The minimum atomic E-state index is -4.28. The molecule has 8 nitrogen and oxygen atoms in total. The molecule has 0 saturated heterocycles. The zero-order chi connectivity index (χ0) is 44.8. The van der Waals surface area contributed by atoms with Crippen LogP contribution in [-0.4, -0.2) is 75.6 Å². The Balaban J connectivity index is 4.09. The molecule has 2 atom stereocenters. The van der Waals surface area contributed by atoms with Gasteiger partial charge in [0.2, 0.25) is 0 Å². The predicted octanol–water partition coefficient (Wildman–Crippen LogP) is 16.0. The van der Waals surface area contributed by atoms with Crippen molar-refractivity contribution in [3.05, 3.63) is 24.3 Å². The molecule has 0 spiro atoms. The van der Waals surface area contributed by atoms with Crippen LogP contribution in [0, 0.1) is 0 Å². The molecule has 0 aromatic carbocycles. The van der Waals surface area contributed by atoms with E-state index < -0.39 is 13.9 Å². The van der Waals surface area contributed by atoms with Crippen molar-refractivity contribution in [3.8, 4) is 0 Å². The Kier molecular flexibility index (Phi) is 44.8. The van der Waals surface area contributed by atoms with Crippen molar-refractivity contribution in [1.29, 1.82) is 0 Å². The first-order valence-corrected chi connectivity index (χ1v) is 27.6. The van der Waals surface area contributed by atoms with Crippen LogP contribution in [0.15, 0.2) is 24.3 Å². The van der Waals surface area contributed by atoms with Crippen molar-refractivity contribution < 1.29 is 37.3 Å². The quantitative estimate of drug-likeness (QED) is 0.0214. The summed E-state index contributed by atoms with van der Waals surface area (Å²) in [6.07, 6.45) is 53.7. The molecule has 61 heavy (non-hydrogen) atoms. The van der Waals surface area contributed by atoms with E-state index in [1.165, 1.54) is 180 Å². The smallest absolute Gasteiger partial charge is 0.457 e. The minimum Gasteiger partial charge on any atom is -0.457 e. The van der Waals surface area contributed by atoms with E-state index >= 15 is 0 Å². The molecule has 362 valence electrons. The molecule has 0 aliphatic rings. The van der Waals surface area contributed by atoms with Gasteiger partial charge in [-0.1, -0.05) is 218 Å². The third-order valence-corrected chi connectivity index (χ3v) is 12.5. The van der Waals surface area contributed by atoms with Gasteiger partial charge in [0.05, 0.1) is 34.4 Å². The van der Waals surface area contributed by atoms with Crippen molar-refractivity contribution >= 4 is 13.8 Å². The van der Waals surface area contributed by atoms with Crippen LogP contribution in [0.2, 0.25) is 0 Å². The van der Waals surface area contributed by atoms with E-state index in [1.807, 2.05) is 21.1 Å². The molecule has 0 fully saturated rings. The van der Waals surface area contributed by atoms with E-state index in [0.717, 1.165) is 44.9 Å². The van der Waals surface area contributed by atoms with Crippen molar-refractivity contribution in [3.63, 3.8) is 0 Å². The maximum absolute atomic E-state index is 12.7. The van der Waals surface area contributed by atoms with Gasteiger partial charge in [0.25, 0.3) is 0 Å². The average Bonchev–Trinajstić information content (AvgIpc) is 3.22. The van der Waals surface area contributed by atoms with Gasteiger partial charge in [0.15, 0.2) is 0 Å². The zero-order valence-electron chi connectivity index (χ0n) is 41.2. The first-order chi connectivity index (χ1) is 29.6. The molecule has 0 heterocycles. The van der Waals surface area contributed by atoms with Gasteiger partial charge in [-0.05, 0) is 44.9 Å². The van der Waals surface area contributed by atoms with E-state index in [0.29, 0.717) is 24.1 Å². The second-order valence-corrected chi connectivity index (χ2v) is 20.4. The van der Waals surface area contributed by atoms with Crippen molar-refractivity contribution in [2.75, 3.05) is 54.1 Å². The lowest BCUT2D eigenvalue weighted by atomic mass is 10.0. The number of nitrogens with zero attached hydrogens (tertiary/aromatic N) is 1. The lowest BCUT2D eigenvalue weighted by Gasteiger charge is -2.24. The second kappa shape index (κ2) is 45.5. The van der Waals surface area contributed by atoms with Gasteiger partial charge in [0, 0.05) is 13.0 Å². The SMILES string of the molecule is CCCCC/C=C\C/C=C\CCCCCCCCCC(=O)OC(COCCCCCCCCCCCCCCCCCCCCCCCC)COP(=O)(O)OCC[N+](C)(C)C. The fourth-order valence-corrected chi connectivity index (χ4v) is 8.21. The largest absolute Gasteiger partial charge is 0.472 e. The lowest BCUT2D eigenvalue weighted by Crippen LogP contribution is -2.37. The predicted molar refractivity (Wildman–Crippen MR) is 261 cm³/mol. The summed E-state index contributed by atoms with van der Waals surface area (Å²) in [5, 5.41) is 0. The van der Waals surface area contributed by atoms with E-state index in [4.69, 9.17) is 18.5 Å². The number of quaternary nitrogens is 1. The molecule has 9 heteroatoms. The summed E-state index contributed by atoms with van der Waals surface area (Å²) in [5.41, 5.74) is 0. The van der Waals surface area contributed by atoms with Crippen LogP contribution < -0.4 is 0 Å². The number of rotatable bonds is 49. The highest BCUT2D eigenvalue weighted by Gasteiger charge is 2.26. The number of ether oxygens (including phenoxy) is 2. The molecule has 0 radical (unpaired) electrons. The molecule has 0 bridgehead atoms. The third-order valence-electron chi connectivity index (χ3n) is 11.5. The normalized spacial score (nSPS) is 13.7. The molecule has 0 aliphatic carbocycles. The Morgan fingerprint density at radius 2 is 0.902 bits per heavy atom. The number of esters is 1. The molecule has 0 amide bonds. The monoisotopic (exact) mass is 885 g/mol. The van der Waals surface area contributed by atoms with Crippen LogP contribution in [0.4, 0.5) is 0 Å². The van der Waals surface area contributed by atoms with Gasteiger partial charge in [-0.25, -0.2) is 4.57 Å². The molecular formula is C52H103NO7P+. The minimum absolute atomic E-state index is 0.0892. The fourth-order valence-electron chi connectivity index (χ4n) is 7.47. The summed E-state index contributed by atoms with van der Waals surface area (Å²) in [6.45, 7) is 5.64. The number of hydrogen-bond acceptors (Lipinski definition) is 6. The summed E-state index contributed by atoms with van der Waals surface area (Å²) < 4.78 is 35.2. The van der Waals surface area contributed by atoms with Gasteiger partial charge >= 0.3 is 13.8 Å². The third kappa shape index (κ3) is 49.8. The molecule has 0 aromatic heterocycles. The van der Waals surface area contributed by atoms with Gasteiger partial charge in [-0.3, -0.25) is 13.8 Å². The molecular weight excluding hydrogens is 782 g/mol. The highest BCUT2D eigenvalue weighted by molar-refractivity contribution is 7.47. The lowest BCUT2D eigenvalue weighted by molar-refractivity contribution is -0.870. The fraction of sp³-hybridized carbons (Fsp3) is 0.904. The summed E-state index contributed by atoms with van der Waals surface area (Å²) in [7, 11) is 1.67. The first-order valence-electron chi connectivity index (χ1n) is 26.1. The molecule has 0 saturated carbocycles. The summed E-state index contributed by atoms with van der Waals surface area (Å²) in [4.78, 5) is 23.0. The summed E-state index contributed by atoms with van der Waals surface area (Å²) >= 11 is 0. The number of allylic oxidation sites excluding steroid dienone is 4. The first kappa shape index (κ1) is 60.0. The number of likely N-dealkylation sites (N-methyl/N-ethyl adjacent to an activating group) is 1. The Bertz CT molecular complexity index is 1030. The zero-order valence-corrected chi connectivity index (χ0v) is 42.1. The summed E-state index contributed by atoms with van der Waals surface area (Å²) in [6, 6.07) is 0. The Morgan fingerprint density at radius 3 is 1.36 bits per heavy atom. The number of unbranched alkanes of at least 4 members (excludes halogenated alkanes) is 31. The van der Waals surface area contributed by atoms with E-state index in [-0.39, 0.29) is 25.8 Å². The highest BCUT2D eigenvalue weighted by atomic mass is 31.2. The Labute approximate surface area is 379 Å². The van der Waals surface area contributed by atoms with Crippen LogP contribution in [0.3, 0.4) is 0 Å². The van der Waals surface area contributed by atoms with Crippen LogP contribution >= 0.6 is 7.82 Å². The van der Waals surface area contributed by atoms with Gasteiger partial charge < -0.3 is 18.9 Å². The molecule has 0 rings (SSSR count). The van der Waals surface area contributed by atoms with E-state index in [9.17, 15) is 14.3 Å². The van der Waals surface area contributed by atoms with Gasteiger partial charge in [0.1, 0.15) is 19.3 Å². The van der Waals surface area contributed by atoms with Crippen molar-refractivity contribution in [2.24, 2.45) is 0 Å². The molecule has 0 aliphatic heterocycles. The van der Waals surface area contributed by atoms with Crippen LogP contribution in [0.5, 0.6) is 0 Å². The maximum atomic E-state index is 12.7. The number of carbonyl (C=O) groups excluding carboxylic acids is 1. The number of carbonyl (C=O) groups is 1. The molecule has 0 aromatic rings. The van der Waals surface area contributed by atoms with Crippen LogP contribution in [-0.2, 0) is 27.9 Å². The van der Waals surface area contributed by atoms with Crippen LogP contribution in [0.25, 0.3) is 0 Å². The Hall–Kier alpha value is -1.02. The van der Waals surface area contributed by atoms with Gasteiger partial charge in [-0.2, -0.15) is 0 Å². The van der Waals surface area contributed by atoms with Crippen molar-refractivity contribution in [1.82, 2.24) is 0 Å². The Morgan fingerprint density at radius 1 is 0.508 bits per heavy atom. The second-order valence-electron chi connectivity index (χ2n) is 18.9. The highest BCUT2D eigenvalue weighted by Crippen LogP contribution is 2.43. The van der Waals surface area contributed by atoms with Crippen molar-refractivity contribution in [2.45, 2.75) is 251 Å². The number of phosphoric ester groups is 1. The topological polar surface area (TPSA) is 91.3 Å². The van der Waals surface area contributed by atoms with E-state index in [1.54, 1.807) is 0 Å². The van der Waals surface area contributed by atoms with Crippen LogP contribution in [0.1, 0.15) is 245 Å². The number of phosphoric acid groups is 1. The average molecular weight is 885 g/mol. The molecule has 2 unspecified atom stereocenters. The summed E-state index contributed by atoms with van der Waals surface area (Å²) in [5.74, 6) is -0.317. The maximum Gasteiger partial charge on any atom is 0.472 e. The standard InChI is InChI=1S/C52H102NO7P/c1-6-8-10-12-14-16-18-20-22-24-25-26-27-28-30-32-34-36-38-40-42-44-47-57-49-51(50-59-61(55,56)58-48-46-53(3,4)5)60-52(54)45-43-41-39-37-35-33-31-29-23-21-19-17-15-13-11-9-7-2/h15,17,21,23,51H,6-14,16,18-20,22,24-50H2,1-5H3/p+1/b17-15-,23-21-. The van der Waals surface area contributed by atoms with Gasteiger partial charge in [-0.15, -0.1) is 0 Å². The molecule has 1 N–H and O–H groups in total. The van der Waals surface area contributed by atoms with E-state index in [2.05, 4.69) is 38.2 Å².